The zero-order valence-corrected chi connectivity index (χ0v) is 13.5. The van der Waals surface area contributed by atoms with Gasteiger partial charge in [-0.2, -0.15) is 0 Å². The van der Waals surface area contributed by atoms with E-state index in [0.29, 0.717) is 6.42 Å². The molecule has 0 heterocycles. The third-order valence-electron chi connectivity index (χ3n) is 4.71. The maximum atomic E-state index is 12.5. The van der Waals surface area contributed by atoms with Gasteiger partial charge in [0.05, 0.1) is 0 Å². The number of benzene rings is 2. The topological polar surface area (TPSA) is 26.3 Å². The fourth-order valence-electron chi connectivity index (χ4n) is 3.09. The van der Waals surface area contributed by atoms with Gasteiger partial charge < -0.3 is 4.74 Å². The lowest BCUT2D eigenvalue weighted by Gasteiger charge is -2.18. The minimum atomic E-state index is -1.01. The van der Waals surface area contributed by atoms with Gasteiger partial charge in [0.2, 0.25) is 0 Å². The summed E-state index contributed by atoms with van der Waals surface area (Å²) >= 11 is 12.2. The van der Waals surface area contributed by atoms with E-state index in [-0.39, 0.29) is 12.1 Å². The summed E-state index contributed by atoms with van der Waals surface area (Å²) in [6.07, 6.45) is 0.0410. The maximum Gasteiger partial charge on any atom is 0.315 e. The molecule has 0 bridgehead atoms. The summed E-state index contributed by atoms with van der Waals surface area (Å²) in [6.45, 7) is 1.75. The van der Waals surface area contributed by atoms with Crippen molar-refractivity contribution in [1.29, 1.82) is 0 Å². The predicted molar refractivity (Wildman–Crippen MR) is 87.0 cm³/mol. The molecule has 0 unspecified atom stereocenters. The Morgan fingerprint density at radius 2 is 1.50 bits per heavy atom. The molecule has 2 aromatic rings. The molecule has 2 aliphatic carbocycles. The molecule has 4 rings (SSSR count). The van der Waals surface area contributed by atoms with Crippen LogP contribution in [0.3, 0.4) is 0 Å². The van der Waals surface area contributed by atoms with Gasteiger partial charge in [-0.15, -0.1) is 23.2 Å². The molecule has 0 aromatic heterocycles. The molecule has 22 heavy (non-hydrogen) atoms. The molecule has 0 saturated heterocycles. The van der Waals surface area contributed by atoms with Crippen LogP contribution in [0.5, 0.6) is 0 Å². The average Bonchev–Trinajstić information content (AvgIpc) is 2.89. The minimum Gasteiger partial charge on any atom is -0.452 e. The quantitative estimate of drug-likeness (QED) is 0.578. The molecule has 2 aliphatic rings. The molecule has 1 saturated carbocycles. The molecule has 2 aromatic carbocycles. The van der Waals surface area contributed by atoms with Gasteiger partial charge in [-0.3, -0.25) is 4.79 Å². The summed E-state index contributed by atoms with van der Waals surface area (Å²) in [5, 5.41) is 0. The van der Waals surface area contributed by atoms with Crippen molar-refractivity contribution in [3.63, 3.8) is 0 Å². The molecule has 2 nitrogen and oxygen atoms in total. The Balaban J connectivity index is 1.72. The highest BCUT2D eigenvalue weighted by Crippen LogP contribution is 2.65. The second kappa shape index (κ2) is 4.50. The average molecular weight is 333 g/mol. The molecule has 1 atom stereocenters. The Kier molecular flexibility index (Phi) is 2.88. The molecule has 1 fully saturated rings. The predicted octanol–water partition coefficient (Wildman–Crippen LogP) is 4.88. The number of halogens is 2. The first kappa shape index (κ1) is 14.1. The standard InChI is InChI=1S/C18H14Cl2O2/c1-17(10-18(17,19)20)16(21)22-15-13-8-4-2-6-11(13)12-7-3-5-9-14(12)15/h2-9,15H,10H2,1H3/t17-/m1/s1. The highest BCUT2D eigenvalue weighted by atomic mass is 35.5. The van der Waals surface area contributed by atoms with Crippen LogP contribution in [0, 0.1) is 5.41 Å². The molecule has 112 valence electrons. The number of hydrogen-bond acceptors (Lipinski definition) is 2. The zero-order chi connectivity index (χ0) is 15.5. The van der Waals surface area contributed by atoms with Crippen molar-refractivity contribution in [3.8, 4) is 11.1 Å². The Bertz CT molecular complexity index is 739. The molecular formula is C18H14Cl2O2. The second-order valence-electron chi connectivity index (χ2n) is 6.17. The molecular weight excluding hydrogens is 319 g/mol. The first-order valence-corrected chi connectivity index (χ1v) is 7.97. The minimum absolute atomic E-state index is 0.339. The maximum absolute atomic E-state index is 12.5. The van der Waals surface area contributed by atoms with E-state index in [9.17, 15) is 4.79 Å². The van der Waals surface area contributed by atoms with E-state index in [0.717, 1.165) is 22.3 Å². The number of carbonyl (C=O) groups excluding carboxylic acids is 1. The van der Waals surface area contributed by atoms with Gasteiger partial charge in [0.15, 0.2) is 6.10 Å². The number of hydrogen-bond donors (Lipinski definition) is 0. The summed E-state index contributed by atoms with van der Waals surface area (Å²) in [6, 6.07) is 16.0. The Labute approximate surface area is 139 Å². The highest BCUT2D eigenvalue weighted by Gasteiger charge is 2.69. The fourth-order valence-corrected chi connectivity index (χ4v) is 3.78. The van der Waals surface area contributed by atoms with E-state index in [1.54, 1.807) is 6.92 Å². The van der Waals surface area contributed by atoms with Crippen LogP contribution < -0.4 is 0 Å². The molecule has 4 heteroatoms. The number of ether oxygens (including phenoxy) is 1. The van der Waals surface area contributed by atoms with Crippen LogP contribution in [0.2, 0.25) is 0 Å². The van der Waals surface area contributed by atoms with E-state index in [2.05, 4.69) is 0 Å². The summed E-state index contributed by atoms with van der Waals surface area (Å²) in [5.74, 6) is -0.339. The van der Waals surface area contributed by atoms with Crippen LogP contribution in [-0.2, 0) is 9.53 Å². The SMILES string of the molecule is C[C@]1(C(=O)OC2c3ccccc3-c3ccccc32)CC1(Cl)Cl. The van der Waals surface area contributed by atoms with Crippen molar-refractivity contribution in [2.45, 2.75) is 23.8 Å². The van der Waals surface area contributed by atoms with Crippen molar-refractivity contribution in [1.82, 2.24) is 0 Å². The van der Waals surface area contributed by atoms with Gasteiger partial charge in [-0.05, 0) is 18.1 Å². The summed E-state index contributed by atoms with van der Waals surface area (Å²) in [7, 11) is 0. The van der Waals surface area contributed by atoms with Gasteiger partial charge >= 0.3 is 5.97 Å². The molecule has 0 amide bonds. The largest absolute Gasteiger partial charge is 0.452 e. The third-order valence-corrected chi connectivity index (χ3v) is 5.81. The summed E-state index contributed by atoms with van der Waals surface area (Å²) in [5.41, 5.74) is 3.43. The van der Waals surface area contributed by atoms with E-state index < -0.39 is 9.75 Å². The number of esters is 1. The third kappa shape index (κ3) is 1.84. The van der Waals surface area contributed by atoms with Crippen molar-refractivity contribution < 1.29 is 9.53 Å². The lowest BCUT2D eigenvalue weighted by Crippen LogP contribution is -2.23. The van der Waals surface area contributed by atoms with Crippen LogP contribution >= 0.6 is 23.2 Å². The first-order chi connectivity index (χ1) is 10.4. The number of carbonyl (C=O) groups is 1. The van der Waals surface area contributed by atoms with E-state index in [1.165, 1.54) is 0 Å². The van der Waals surface area contributed by atoms with Crippen LogP contribution in [0.25, 0.3) is 11.1 Å². The Morgan fingerprint density at radius 3 is 1.95 bits per heavy atom. The number of fused-ring (bicyclic) bond motifs is 3. The smallest absolute Gasteiger partial charge is 0.315 e. The van der Waals surface area contributed by atoms with Gasteiger partial charge in [-0.25, -0.2) is 0 Å². The lowest BCUT2D eigenvalue weighted by molar-refractivity contribution is -0.153. The zero-order valence-electron chi connectivity index (χ0n) is 12.0. The normalized spacial score (nSPS) is 24.5. The lowest BCUT2D eigenvalue weighted by atomic mass is 10.1. The van der Waals surface area contributed by atoms with Crippen molar-refractivity contribution in [2.24, 2.45) is 5.41 Å². The van der Waals surface area contributed by atoms with Crippen LogP contribution in [-0.4, -0.2) is 10.3 Å². The highest BCUT2D eigenvalue weighted by molar-refractivity contribution is 6.53. The van der Waals surface area contributed by atoms with Gasteiger partial charge in [-0.1, -0.05) is 48.5 Å². The molecule has 0 spiro atoms. The molecule has 0 aliphatic heterocycles. The van der Waals surface area contributed by atoms with Gasteiger partial charge in [0.25, 0.3) is 0 Å². The van der Waals surface area contributed by atoms with Gasteiger partial charge in [0.1, 0.15) is 9.75 Å². The fraction of sp³-hybridized carbons (Fsp3) is 0.278. The monoisotopic (exact) mass is 332 g/mol. The van der Waals surface area contributed by atoms with E-state index in [4.69, 9.17) is 27.9 Å². The van der Waals surface area contributed by atoms with Crippen LogP contribution in [0.1, 0.15) is 30.6 Å². The van der Waals surface area contributed by atoms with Gasteiger partial charge in [0, 0.05) is 17.5 Å². The van der Waals surface area contributed by atoms with Crippen molar-refractivity contribution in [2.75, 3.05) is 0 Å². The summed E-state index contributed by atoms with van der Waals surface area (Å²) in [4.78, 5) is 12.5. The Hall–Kier alpha value is -1.51. The number of alkyl halides is 2. The van der Waals surface area contributed by atoms with Crippen molar-refractivity contribution >= 4 is 29.2 Å². The first-order valence-electron chi connectivity index (χ1n) is 7.21. The Morgan fingerprint density at radius 1 is 1.05 bits per heavy atom. The molecule has 0 radical (unpaired) electrons. The van der Waals surface area contributed by atoms with E-state index >= 15 is 0 Å². The number of rotatable bonds is 2. The molecule has 0 N–H and O–H groups in total. The second-order valence-corrected chi connectivity index (χ2v) is 7.66. The van der Waals surface area contributed by atoms with Crippen LogP contribution in [0.4, 0.5) is 0 Å². The van der Waals surface area contributed by atoms with E-state index in [1.807, 2.05) is 48.5 Å². The van der Waals surface area contributed by atoms with Crippen molar-refractivity contribution in [3.05, 3.63) is 59.7 Å². The van der Waals surface area contributed by atoms with Crippen LogP contribution in [0.15, 0.2) is 48.5 Å². The summed E-state index contributed by atoms with van der Waals surface area (Å²) < 4.78 is 4.81.